The zero-order valence-corrected chi connectivity index (χ0v) is 11.4. The number of hydrogen-bond acceptors (Lipinski definition) is 5. The van der Waals surface area contributed by atoms with E-state index >= 15 is 0 Å². The highest BCUT2D eigenvalue weighted by molar-refractivity contribution is 7.17. The Balaban J connectivity index is 2.27. The van der Waals surface area contributed by atoms with Crippen LogP contribution in [0.1, 0.15) is 33.6 Å². The normalized spacial score (nSPS) is 14.0. The molecule has 0 aliphatic heterocycles. The number of aliphatic carboxylic acids is 1. The molecule has 0 saturated carbocycles. The lowest BCUT2D eigenvalue weighted by Gasteiger charge is -2.11. The van der Waals surface area contributed by atoms with Gasteiger partial charge < -0.3 is 21.0 Å². The summed E-state index contributed by atoms with van der Waals surface area (Å²) in [6.07, 6.45) is 5.15. The number of carbonyl (C=O) groups excluding carboxylic acids is 3. The van der Waals surface area contributed by atoms with Crippen LogP contribution in [0.4, 0.5) is 5.00 Å². The van der Waals surface area contributed by atoms with Gasteiger partial charge in [-0.15, -0.1) is 11.3 Å². The number of aryl methyl sites for hydroxylation is 1. The molecule has 106 valence electrons. The molecule has 1 aliphatic carbocycles. The van der Waals surface area contributed by atoms with Crippen molar-refractivity contribution in [3.05, 3.63) is 28.2 Å². The summed E-state index contributed by atoms with van der Waals surface area (Å²) in [6, 6.07) is 0. The molecule has 0 radical (unpaired) electrons. The van der Waals surface area contributed by atoms with Gasteiger partial charge in [-0.1, -0.05) is 0 Å². The highest BCUT2D eigenvalue weighted by Crippen LogP contribution is 2.37. The van der Waals surface area contributed by atoms with E-state index < -0.39 is 17.8 Å². The smallest absolute Gasteiger partial charge is 0.251 e. The number of nitrogens with two attached hydrogens (primary N) is 1. The quantitative estimate of drug-likeness (QED) is 0.759. The Morgan fingerprint density at radius 3 is 2.55 bits per heavy atom. The van der Waals surface area contributed by atoms with E-state index in [1.54, 1.807) is 0 Å². The fourth-order valence-electron chi connectivity index (χ4n) is 2.21. The summed E-state index contributed by atoms with van der Waals surface area (Å²) >= 11 is 1.32. The number of nitrogens with one attached hydrogen (secondary N) is 1. The molecule has 0 aromatic carbocycles. The van der Waals surface area contributed by atoms with Gasteiger partial charge in [0.2, 0.25) is 5.91 Å². The molecule has 0 saturated heterocycles. The number of hydrogen-bond donors (Lipinski definition) is 2. The zero-order valence-electron chi connectivity index (χ0n) is 10.6. The molecule has 20 heavy (non-hydrogen) atoms. The molecule has 1 aromatic rings. The zero-order chi connectivity index (χ0) is 14.7. The summed E-state index contributed by atoms with van der Waals surface area (Å²) in [5.41, 5.74) is 6.63. The van der Waals surface area contributed by atoms with Crippen LogP contribution in [0.2, 0.25) is 0 Å². The maximum atomic E-state index is 11.6. The summed E-state index contributed by atoms with van der Waals surface area (Å²) in [4.78, 5) is 34.4. The van der Waals surface area contributed by atoms with Gasteiger partial charge >= 0.3 is 0 Å². The van der Waals surface area contributed by atoms with Crippen molar-refractivity contribution in [2.45, 2.75) is 25.7 Å². The molecule has 0 bridgehead atoms. The predicted octanol–water partition coefficient (Wildman–Crippen LogP) is -0.0296. The fraction of sp³-hybridized carbons (Fsp3) is 0.308. The monoisotopic (exact) mass is 293 g/mol. The lowest BCUT2D eigenvalue weighted by molar-refractivity contribution is -0.297. The first-order chi connectivity index (χ1) is 9.49. The van der Waals surface area contributed by atoms with Crippen molar-refractivity contribution in [2.75, 3.05) is 5.32 Å². The van der Waals surface area contributed by atoms with E-state index in [1.807, 2.05) is 0 Å². The van der Waals surface area contributed by atoms with E-state index in [0.717, 1.165) is 42.2 Å². The average molecular weight is 293 g/mol. The van der Waals surface area contributed by atoms with Crippen molar-refractivity contribution < 1.29 is 19.5 Å². The first-order valence-corrected chi connectivity index (χ1v) is 6.95. The van der Waals surface area contributed by atoms with Gasteiger partial charge in [0.25, 0.3) is 5.91 Å². The third-order valence-corrected chi connectivity index (χ3v) is 4.23. The van der Waals surface area contributed by atoms with Crippen molar-refractivity contribution >= 4 is 34.1 Å². The number of rotatable bonds is 4. The maximum Gasteiger partial charge on any atom is 0.251 e. The Bertz CT molecular complexity index is 604. The van der Waals surface area contributed by atoms with E-state index in [-0.39, 0.29) is 0 Å². The largest absolute Gasteiger partial charge is 0.545 e. The number of primary amides is 1. The fourth-order valence-corrected chi connectivity index (χ4v) is 3.51. The molecule has 1 aliphatic rings. The Kier molecular flexibility index (Phi) is 4.19. The van der Waals surface area contributed by atoms with E-state index in [9.17, 15) is 19.5 Å². The van der Waals surface area contributed by atoms with E-state index in [0.29, 0.717) is 16.6 Å². The van der Waals surface area contributed by atoms with Gasteiger partial charge in [-0.05, 0) is 37.3 Å². The van der Waals surface area contributed by atoms with Crippen LogP contribution in [-0.2, 0) is 22.4 Å². The van der Waals surface area contributed by atoms with Crippen molar-refractivity contribution in [3.8, 4) is 0 Å². The predicted molar refractivity (Wildman–Crippen MR) is 72.3 cm³/mol. The molecule has 1 heterocycles. The molecule has 0 fully saturated rings. The maximum absolute atomic E-state index is 11.6. The number of amides is 2. The van der Waals surface area contributed by atoms with Crippen LogP contribution in [0, 0.1) is 0 Å². The van der Waals surface area contributed by atoms with Gasteiger partial charge in [-0.3, -0.25) is 9.59 Å². The third kappa shape index (κ3) is 3.05. The second kappa shape index (κ2) is 5.87. The molecular formula is C13H13N2O4S-. The second-order valence-electron chi connectivity index (χ2n) is 4.42. The Hall–Kier alpha value is -2.15. The summed E-state index contributed by atoms with van der Waals surface area (Å²) in [5.74, 6) is -2.67. The third-order valence-electron chi connectivity index (χ3n) is 3.03. The number of carboxylic acid groups (broad SMARTS) is 1. The van der Waals surface area contributed by atoms with Crippen LogP contribution in [0.3, 0.4) is 0 Å². The molecule has 0 atom stereocenters. The van der Waals surface area contributed by atoms with Crippen LogP contribution < -0.4 is 16.2 Å². The van der Waals surface area contributed by atoms with Crippen LogP contribution in [-0.4, -0.2) is 17.8 Å². The summed E-state index contributed by atoms with van der Waals surface area (Å²) in [7, 11) is 0. The van der Waals surface area contributed by atoms with Gasteiger partial charge in [0, 0.05) is 11.0 Å². The highest BCUT2D eigenvalue weighted by Gasteiger charge is 2.24. The second-order valence-corrected chi connectivity index (χ2v) is 5.53. The molecule has 0 unspecified atom stereocenters. The van der Waals surface area contributed by atoms with Crippen LogP contribution >= 0.6 is 11.3 Å². The minimum Gasteiger partial charge on any atom is -0.545 e. The van der Waals surface area contributed by atoms with Crippen molar-refractivity contribution in [2.24, 2.45) is 5.73 Å². The van der Waals surface area contributed by atoms with E-state index in [2.05, 4.69) is 5.32 Å². The van der Waals surface area contributed by atoms with Gasteiger partial charge in [0.15, 0.2) is 0 Å². The molecule has 6 nitrogen and oxygen atoms in total. The van der Waals surface area contributed by atoms with Crippen molar-refractivity contribution in [1.82, 2.24) is 0 Å². The average Bonchev–Trinajstić information content (AvgIpc) is 2.74. The lowest BCUT2D eigenvalue weighted by Crippen LogP contribution is -2.20. The summed E-state index contributed by atoms with van der Waals surface area (Å²) in [6.45, 7) is 0. The number of carboxylic acids is 1. The number of anilines is 1. The number of carbonyl (C=O) groups is 3. The lowest BCUT2D eigenvalue weighted by atomic mass is 9.95. The van der Waals surface area contributed by atoms with Crippen LogP contribution in [0.5, 0.6) is 0 Å². The molecule has 3 N–H and O–H groups in total. The Labute approximate surface area is 119 Å². The first-order valence-electron chi connectivity index (χ1n) is 6.13. The van der Waals surface area contributed by atoms with E-state index in [4.69, 9.17) is 5.73 Å². The standard InChI is InChI=1S/C13H14N2O4S/c14-12(19)11-7-3-1-2-4-8(7)20-13(11)15-9(16)5-6-10(17)18/h5-6H,1-4H2,(H2,14,19)(H,15,16)(H,17,18)/p-1. The van der Waals surface area contributed by atoms with Gasteiger partial charge in [-0.2, -0.15) is 0 Å². The molecule has 2 rings (SSSR count). The van der Waals surface area contributed by atoms with Gasteiger partial charge in [0.05, 0.1) is 11.5 Å². The first kappa shape index (κ1) is 14.3. The number of thiophene rings is 1. The summed E-state index contributed by atoms with van der Waals surface area (Å²) < 4.78 is 0. The van der Waals surface area contributed by atoms with Crippen LogP contribution in [0.25, 0.3) is 0 Å². The molecule has 7 heteroatoms. The molecule has 1 aromatic heterocycles. The van der Waals surface area contributed by atoms with Crippen molar-refractivity contribution in [3.63, 3.8) is 0 Å². The van der Waals surface area contributed by atoms with Gasteiger partial charge in [0.1, 0.15) is 5.00 Å². The molecular weight excluding hydrogens is 280 g/mol. The van der Waals surface area contributed by atoms with Crippen LogP contribution in [0.15, 0.2) is 12.2 Å². The van der Waals surface area contributed by atoms with E-state index in [1.165, 1.54) is 11.3 Å². The minimum atomic E-state index is -1.46. The number of fused-ring (bicyclic) bond motifs is 1. The Morgan fingerprint density at radius 2 is 1.90 bits per heavy atom. The Morgan fingerprint density at radius 1 is 1.20 bits per heavy atom. The topological polar surface area (TPSA) is 112 Å². The van der Waals surface area contributed by atoms with Crippen molar-refractivity contribution in [1.29, 1.82) is 0 Å². The SMILES string of the molecule is NC(=O)c1c(NC(=O)C=CC(=O)[O-])sc2c1CCCC2. The summed E-state index contributed by atoms with van der Waals surface area (Å²) in [5, 5.41) is 13.1. The molecule has 2 amide bonds. The molecule has 0 spiro atoms. The minimum absolute atomic E-state index is 0.347. The highest BCUT2D eigenvalue weighted by atomic mass is 32.1. The van der Waals surface area contributed by atoms with Gasteiger partial charge in [-0.25, -0.2) is 0 Å².